The Morgan fingerprint density at radius 2 is 1.97 bits per heavy atom. The van der Waals surface area contributed by atoms with E-state index in [4.69, 9.17) is 4.98 Å². The van der Waals surface area contributed by atoms with Gasteiger partial charge in [0.25, 0.3) is 5.91 Å². The van der Waals surface area contributed by atoms with Crippen molar-refractivity contribution in [3.05, 3.63) is 64.2 Å². The van der Waals surface area contributed by atoms with Gasteiger partial charge in [0, 0.05) is 21.4 Å². The van der Waals surface area contributed by atoms with E-state index in [0.717, 1.165) is 27.7 Å². The van der Waals surface area contributed by atoms with E-state index >= 15 is 0 Å². The number of hydrogen-bond donors (Lipinski definition) is 1. The Bertz CT molecular complexity index is 1440. The van der Waals surface area contributed by atoms with Gasteiger partial charge in [-0.1, -0.05) is 12.1 Å². The summed E-state index contributed by atoms with van der Waals surface area (Å²) in [4.78, 5) is 25.0. The third-order valence-electron chi connectivity index (χ3n) is 5.29. The number of pyridine rings is 1. The Labute approximate surface area is 183 Å². The minimum Gasteiger partial charge on any atom is -0.267 e. The summed E-state index contributed by atoms with van der Waals surface area (Å²) in [5, 5.41) is 5.23. The normalized spacial score (nSPS) is 11.6. The number of para-hydroxylation sites is 2. The minimum atomic E-state index is -0.232. The number of carbonyl (C=O) groups excluding carboxylic acids is 1. The Morgan fingerprint density at radius 1 is 1.16 bits per heavy atom. The van der Waals surface area contributed by atoms with Crippen molar-refractivity contribution in [2.75, 3.05) is 5.43 Å². The number of nitrogens with one attached hydrogen (secondary N) is 1. The molecule has 0 aliphatic heterocycles. The molecule has 1 aromatic carbocycles. The van der Waals surface area contributed by atoms with Crippen LogP contribution in [-0.4, -0.2) is 30.3 Å². The van der Waals surface area contributed by atoms with Gasteiger partial charge in [-0.15, -0.1) is 11.3 Å². The van der Waals surface area contributed by atoms with Crippen LogP contribution in [0.25, 0.3) is 33.3 Å². The van der Waals surface area contributed by atoms with Crippen LogP contribution in [0.15, 0.2) is 48.9 Å². The molecule has 0 aliphatic carbocycles. The molecule has 0 spiro atoms. The van der Waals surface area contributed by atoms with E-state index in [1.165, 1.54) is 9.75 Å². The number of benzene rings is 1. The lowest BCUT2D eigenvalue weighted by Crippen LogP contribution is -2.22. The van der Waals surface area contributed by atoms with Crippen LogP contribution in [-0.2, 0) is 0 Å². The van der Waals surface area contributed by atoms with Crippen LogP contribution in [0.1, 0.15) is 40.0 Å². The molecule has 0 bridgehead atoms. The fourth-order valence-corrected chi connectivity index (χ4v) is 4.76. The van der Waals surface area contributed by atoms with Gasteiger partial charge in [-0.3, -0.25) is 10.2 Å². The Hall–Kier alpha value is -3.52. The van der Waals surface area contributed by atoms with Crippen molar-refractivity contribution in [3.8, 4) is 11.3 Å². The van der Waals surface area contributed by atoms with Crippen LogP contribution < -0.4 is 5.43 Å². The lowest BCUT2D eigenvalue weighted by atomic mass is 10.1. The molecule has 5 aromatic rings. The van der Waals surface area contributed by atoms with Gasteiger partial charge >= 0.3 is 0 Å². The number of nitrogens with zero attached hydrogens (tertiary/aromatic N) is 5. The second kappa shape index (κ2) is 7.31. The molecule has 0 radical (unpaired) electrons. The zero-order valence-electron chi connectivity index (χ0n) is 17.7. The van der Waals surface area contributed by atoms with E-state index < -0.39 is 0 Å². The molecule has 0 aliphatic rings. The quantitative estimate of drug-likeness (QED) is 0.431. The molecule has 31 heavy (non-hydrogen) atoms. The molecule has 0 unspecified atom stereocenters. The van der Waals surface area contributed by atoms with Gasteiger partial charge in [0.15, 0.2) is 5.65 Å². The second-order valence-corrected chi connectivity index (χ2v) is 9.31. The molecule has 0 saturated heterocycles. The Kier molecular flexibility index (Phi) is 4.59. The lowest BCUT2D eigenvalue weighted by Gasteiger charge is -2.11. The summed E-state index contributed by atoms with van der Waals surface area (Å²) in [5.41, 5.74) is 7.68. The van der Waals surface area contributed by atoms with Crippen molar-refractivity contribution in [2.24, 2.45) is 0 Å². The number of thiophene rings is 1. The first kappa shape index (κ1) is 19.4. The first-order valence-corrected chi connectivity index (χ1v) is 10.9. The highest BCUT2D eigenvalue weighted by Crippen LogP contribution is 2.32. The molecule has 0 fully saturated rings. The largest absolute Gasteiger partial charge is 0.271 e. The summed E-state index contributed by atoms with van der Waals surface area (Å²) < 4.78 is 3.51. The van der Waals surface area contributed by atoms with Crippen molar-refractivity contribution in [3.63, 3.8) is 0 Å². The predicted molar refractivity (Wildman–Crippen MR) is 124 cm³/mol. The molecular weight excluding hydrogens is 408 g/mol. The van der Waals surface area contributed by atoms with E-state index in [-0.39, 0.29) is 11.9 Å². The zero-order chi connectivity index (χ0) is 21.7. The molecule has 0 saturated carbocycles. The third kappa shape index (κ3) is 3.29. The first-order chi connectivity index (χ1) is 14.9. The summed E-state index contributed by atoms with van der Waals surface area (Å²) in [6, 6.07) is 11.8. The minimum absolute atomic E-state index is 0.124. The summed E-state index contributed by atoms with van der Waals surface area (Å²) in [6.07, 6.45) is 3.34. The van der Waals surface area contributed by atoms with E-state index in [2.05, 4.69) is 49.3 Å². The molecule has 4 heterocycles. The van der Waals surface area contributed by atoms with Crippen molar-refractivity contribution in [2.45, 2.75) is 33.7 Å². The number of carbonyl (C=O) groups is 1. The van der Waals surface area contributed by atoms with Crippen LogP contribution >= 0.6 is 11.3 Å². The number of amides is 1. The third-order valence-corrected chi connectivity index (χ3v) is 6.26. The maximum Gasteiger partial charge on any atom is 0.271 e. The molecule has 4 aromatic heterocycles. The average Bonchev–Trinajstić information content (AvgIpc) is 3.44. The van der Waals surface area contributed by atoms with Crippen LogP contribution in [0.2, 0.25) is 0 Å². The standard InChI is InChI=1S/C23H22N6OS/c1-13(2)29-22-18(11-25-29)17(10-20(26-22)16-9-14(3)31-15(16)4)23(30)27-28-12-24-19-7-5-6-8-21(19)28/h5-13H,1-4H3,(H,27,30). The molecule has 5 rings (SSSR count). The van der Waals surface area contributed by atoms with Gasteiger partial charge in [0.1, 0.15) is 6.33 Å². The van der Waals surface area contributed by atoms with E-state index in [1.54, 1.807) is 28.5 Å². The number of rotatable bonds is 4. The fraction of sp³-hybridized carbons (Fsp3) is 0.217. The van der Waals surface area contributed by atoms with Gasteiger partial charge in [-0.2, -0.15) is 5.10 Å². The maximum absolute atomic E-state index is 13.4. The van der Waals surface area contributed by atoms with Crippen molar-refractivity contribution >= 4 is 39.3 Å². The summed E-state index contributed by atoms with van der Waals surface area (Å²) in [6.45, 7) is 8.27. The highest BCUT2D eigenvalue weighted by molar-refractivity contribution is 7.12. The number of hydrogen-bond acceptors (Lipinski definition) is 5. The number of aryl methyl sites for hydroxylation is 2. The van der Waals surface area contributed by atoms with Gasteiger partial charge in [-0.25, -0.2) is 19.3 Å². The monoisotopic (exact) mass is 430 g/mol. The topological polar surface area (TPSA) is 77.6 Å². The maximum atomic E-state index is 13.4. The molecule has 1 amide bonds. The Balaban J connectivity index is 1.66. The van der Waals surface area contributed by atoms with Crippen molar-refractivity contribution < 1.29 is 4.79 Å². The lowest BCUT2D eigenvalue weighted by molar-refractivity contribution is 0.101. The van der Waals surface area contributed by atoms with Gasteiger partial charge < -0.3 is 0 Å². The van der Waals surface area contributed by atoms with Crippen LogP contribution in [0.4, 0.5) is 0 Å². The average molecular weight is 431 g/mol. The molecule has 7 nitrogen and oxygen atoms in total. The van der Waals surface area contributed by atoms with E-state index in [0.29, 0.717) is 11.2 Å². The second-order valence-electron chi connectivity index (χ2n) is 7.85. The summed E-state index contributed by atoms with van der Waals surface area (Å²) >= 11 is 1.73. The van der Waals surface area contributed by atoms with Crippen LogP contribution in [0.3, 0.4) is 0 Å². The molecule has 8 heteroatoms. The molecular formula is C23H22N6OS. The van der Waals surface area contributed by atoms with Crippen LogP contribution in [0.5, 0.6) is 0 Å². The van der Waals surface area contributed by atoms with Gasteiger partial charge in [-0.05, 0) is 52.0 Å². The predicted octanol–water partition coefficient (Wildman–Crippen LogP) is 5.09. The number of fused-ring (bicyclic) bond motifs is 2. The molecule has 156 valence electrons. The Morgan fingerprint density at radius 3 is 2.71 bits per heavy atom. The fourth-order valence-electron chi connectivity index (χ4n) is 3.82. The van der Waals surface area contributed by atoms with Crippen molar-refractivity contribution in [1.82, 2.24) is 24.4 Å². The summed E-state index contributed by atoms with van der Waals surface area (Å²) in [5.74, 6) is -0.232. The molecule has 0 atom stereocenters. The SMILES string of the molecule is Cc1cc(-c2cc(C(=O)Nn3cnc4ccccc43)c3cnn(C(C)C)c3n2)c(C)s1. The highest BCUT2D eigenvalue weighted by atomic mass is 32.1. The van der Waals surface area contributed by atoms with Gasteiger partial charge in [0.05, 0.1) is 33.9 Å². The molecule has 1 N–H and O–H groups in total. The summed E-state index contributed by atoms with van der Waals surface area (Å²) in [7, 11) is 0. The number of imidazole rings is 1. The smallest absolute Gasteiger partial charge is 0.267 e. The number of aromatic nitrogens is 5. The highest BCUT2D eigenvalue weighted by Gasteiger charge is 2.20. The zero-order valence-corrected chi connectivity index (χ0v) is 18.6. The van der Waals surface area contributed by atoms with Gasteiger partial charge in [0.2, 0.25) is 0 Å². The van der Waals surface area contributed by atoms with E-state index in [1.807, 2.05) is 35.0 Å². The van der Waals surface area contributed by atoms with E-state index in [9.17, 15) is 4.79 Å². The first-order valence-electron chi connectivity index (χ1n) is 10.1. The van der Waals surface area contributed by atoms with Crippen molar-refractivity contribution in [1.29, 1.82) is 0 Å². The van der Waals surface area contributed by atoms with Crippen LogP contribution in [0, 0.1) is 13.8 Å².